The van der Waals surface area contributed by atoms with Gasteiger partial charge in [-0.1, -0.05) is 18.2 Å². The largest absolute Gasteiger partial charge is 0.494 e. The SMILES string of the molecule is CCOc1ccc(C2C(C(=O)OC)=C(C)NC3=CCCC(=O)C32)cc1. The van der Waals surface area contributed by atoms with Gasteiger partial charge in [0.2, 0.25) is 0 Å². The van der Waals surface area contributed by atoms with Crippen molar-refractivity contribution in [3.63, 3.8) is 0 Å². The van der Waals surface area contributed by atoms with E-state index in [9.17, 15) is 9.59 Å². The molecule has 0 aromatic heterocycles. The van der Waals surface area contributed by atoms with E-state index in [0.29, 0.717) is 18.6 Å². The number of benzene rings is 1. The normalized spacial score (nSPS) is 22.7. The molecule has 1 heterocycles. The number of methoxy groups -OCH3 is 1. The highest BCUT2D eigenvalue weighted by Crippen LogP contribution is 2.44. The first-order chi connectivity index (χ1) is 12.1. The molecule has 1 aliphatic carbocycles. The predicted molar refractivity (Wildman–Crippen MR) is 94.0 cm³/mol. The number of rotatable bonds is 4. The number of Topliss-reactive ketones (excluding diaryl/α,β-unsaturated/α-hetero) is 1. The average Bonchev–Trinajstić information content (AvgIpc) is 2.61. The van der Waals surface area contributed by atoms with Gasteiger partial charge in [0.25, 0.3) is 0 Å². The Morgan fingerprint density at radius 1 is 1.24 bits per heavy atom. The maximum atomic E-state index is 12.7. The van der Waals surface area contributed by atoms with Gasteiger partial charge in [0, 0.05) is 23.7 Å². The van der Waals surface area contributed by atoms with Crippen LogP contribution in [-0.4, -0.2) is 25.5 Å². The summed E-state index contributed by atoms with van der Waals surface area (Å²) in [5.41, 5.74) is 3.06. The molecule has 1 aliphatic heterocycles. The van der Waals surface area contributed by atoms with Crippen molar-refractivity contribution in [2.45, 2.75) is 32.6 Å². The van der Waals surface area contributed by atoms with E-state index < -0.39 is 5.97 Å². The Hall–Kier alpha value is -2.56. The lowest BCUT2D eigenvalue weighted by Crippen LogP contribution is -2.40. The summed E-state index contributed by atoms with van der Waals surface area (Å²) in [4.78, 5) is 25.1. The lowest BCUT2D eigenvalue weighted by molar-refractivity contribution is -0.136. The van der Waals surface area contributed by atoms with Crippen molar-refractivity contribution >= 4 is 11.8 Å². The van der Waals surface area contributed by atoms with E-state index >= 15 is 0 Å². The van der Waals surface area contributed by atoms with Crippen molar-refractivity contribution in [3.8, 4) is 5.75 Å². The molecule has 25 heavy (non-hydrogen) atoms. The second-order valence-electron chi connectivity index (χ2n) is 6.28. The number of ether oxygens (including phenoxy) is 2. The fourth-order valence-electron chi connectivity index (χ4n) is 3.69. The van der Waals surface area contributed by atoms with Gasteiger partial charge in [-0.15, -0.1) is 0 Å². The maximum Gasteiger partial charge on any atom is 0.336 e. The number of fused-ring (bicyclic) bond motifs is 1. The van der Waals surface area contributed by atoms with Gasteiger partial charge >= 0.3 is 5.97 Å². The molecule has 0 saturated carbocycles. The number of ketones is 1. The van der Waals surface area contributed by atoms with Crippen LogP contribution in [0.3, 0.4) is 0 Å². The Labute approximate surface area is 147 Å². The van der Waals surface area contributed by atoms with Gasteiger partial charge in [-0.3, -0.25) is 4.79 Å². The Bertz CT molecular complexity index is 745. The van der Waals surface area contributed by atoms with E-state index in [-0.39, 0.29) is 17.6 Å². The maximum absolute atomic E-state index is 12.7. The minimum Gasteiger partial charge on any atom is -0.494 e. The Morgan fingerprint density at radius 2 is 1.96 bits per heavy atom. The molecule has 5 nitrogen and oxygen atoms in total. The van der Waals surface area contributed by atoms with Gasteiger partial charge in [0.05, 0.1) is 25.2 Å². The van der Waals surface area contributed by atoms with Crippen LogP contribution in [0, 0.1) is 5.92 Å². The quantitative estimate of drug-likeness (QED) is 0.853. The number of allylic oxidation sites excluding steroid dienone is 3. The summed E-state index contributed by atoms with van der Waals surface area (Å²) in [5, 5.41) is 3.24. The van der Waals surface area contributed by atoms with Crippen LogP contribution in [0.15, 0.2) is 47.3 Å². The second-order valence-corrected chi connectivity index (χ2v) is 6.28. The van der Waals surface area contributed by atoms with E-state index in [2.05, 4.69) is 11.4 Å². The third kappa shape index (κ3) is 3.18. The second kappa shape index (κ2) is 7.13. The number of esters is 1. The number of carbonyl (C=O) groups is 2. The zero-order valence-electron chi connectivity index (χ0n) is 14.8. The topological polar surface area (TPSA) is 64.6 Å². The minimum atomic E-state index is -0.402. The first-order valence-electron chi connectivity index (χ1n) is 8.58. The van der Waals surface area contributed by atoms with Crippen molar-refractivity contribution in [1.82, 2.24) is 5.32 Å². The van der Waals surface area contributed by atoms with Crippen LogP contribution in [0.25, 0.3) is 0 Å². The van der Waals surface area contributed by atoms with Crippen LogP contribution < -0.4 is 10.1 Å². The van der Waals surface area contributed by atoms with Crippen molar-refractivity contribution in [1.29, 1.82) is 0 Å². The first kappa shape index (κ1) is 17.3. The van der Waals surface area contributed by atoms with Crippen molar-refractivity contribution in [2.75, 3.05) is 13.7 Å². The van der Waals surface area contributed by atoms with Gasteiger partial charge < -0.3 is 14.8 Å². The van der Waals surface area contributed by atoms with Gasteiger partial charge in [-0.2, -0.15) is 0 Å². The summed E-state index contributed by atoms with van der Waals surface area (Å²) in [7, 11) is 1.37. The molecule has 0 amide bonds. The molecule has 2 atom stereocenters. The summed E-state index contributed by atoms with van der Waals surface area (Å²) >= 11 is 0. The van der Waals surface area contributed by atoms with Crippen LogP contribution >= 0.6 is 0 Å². The highest BCUT2D eigenvalue weighted by atomic mass is 16.5. The zero-order chi connectivity index (χ0) is 18.0. The number of carbonyl (C=O) groups excluding carboxylic acids is 2. The van der Waals surface area contributed by atoms with Gasteiger partial charge in [0.15, 0.2) is 0 Å². The molecular weight excluding hydrogens is 318 g/mol. The summed E-state index contributed by atoms with van der Waals surface area (Å²) in [6, 6.07) is 7.61. The molecule has 1 aromatic carbocycles. The Kier molecular flexibility index (Phi) is 4.93. The number of nitrogens with one attached hydrogen (secondary N) is 1. The van der Waals surface area contributed by atoms with Crippen LogP contribution in [-0.2, 0) is 14.3 Å². The standard InChI is InChI=1S/C20H23NO4/c1-4-25-14-10-8-13(9-11-14)18-17(20(23)24-3)12(2)21-15-6-5-7-16(22)19(15)18/h6,8-11,18-19,21H,4-5,7H2,1-3H3. The highest BCUT2D eigenvalue weighted by molar-refractivity contribution is 5.96. The van der Waals surface area contributed by atoms with Crippen LogP contribution in [0.5, 0.6) is 5.75 Å². The lowest BCUT2D eigenvalue weighted by atomic mass is 9.71. The molecular formula is C20H23NO4. The van der Waals surface area contributed by atoms with Gasteiger partial charge in [0.1, 0.15) is 11.5 Å². The monoisotopic (exact) mass is 341 g/mol. The fraction of sp³-hybridized carbons (Fsp3) is 0.400. The summed E-state index contributed by atoms with van der Waals surface area (Å²) in [5.74, 6) is -0.196. The molecule has 0 spiro atoms. The van der Waals surface area contributed by atoms with E-state index in [4.69, 9.17) is 9.47 Å². The highest BCUT2D eigenvalue weighted by Gasteiger charge is 2.43. The van der Waals surface area contributed by atoms with E-state index in [1.54, 1.807) is 0 Å². The fourth-order valence-corrected chi connectivity index (χ4v) is 3.69. The first-order valence-corrected chi connectivity index (χ1v) is 8.58. The minimum absolute atomic E-state index is 0.151. The van der Waals surface area contributed by atoms with Gasteiger partial charge in [-0.05, 0) is 38.0 Å². The third-order valence-corrected chi connectivity index (χ3v) is 4.77. The predicted octanol–water partition coefficient (Wildman–Crippen LogP) is 3.08. The summed E-state index contributed by atoms with van der Waals surface area (Å²) < 4.78 is 10.5. The van der Waals surface area contributed by atoms with Crippen molar-refractivity contribution in [2.24, 2.45) is 5.92 Å². The average molecular weight is 341 g/mol. The van der Waals surface area contributed by atoms with E-state index in [0.717, 1.165) is 29.1 Å². The van der Waals surface area contributed by atoms with Crippen LogP contribution in [0.2, 0.25) is 0 Å². The Morgan fingerprint density at radius 3 is 2.60 bits per heavy atom. The molecule has 5 heteroatoms. The Balaban J connectivity index is 2.10. The van der Waals surface area contributed by atoms with Crippen LogP contribution in [0.4, 0.5) is 0 Å². The lowest BCUT2D eigenvalue weighted by Gasteiger charge is -2.37. The molecule has 1 aromatic rings. The molecule has 0 radical (unpaired) electrons. The van der Waals surface area contributed by atoms with Crippen molar-refractivity contribution < 1.29 is 19.1 Å². The molecule has 1 N–H and O–H groups in total. The van der Waals surface area contributed by atoms with Gasteiger partial charge in [-0.25, -0.2) is 4.79 Å². The van der Waals surface area contributed by atoms with Crippen LogP contribution in [0.1, 0.15) is 38.2 Å². The molecule has 0 fully saturated rings. The third-order valence-electron chi connectivity index (χ3n) is 4.77. The smallest absolute Gasteiger partial charge is 0.336 e. The zero-order valence-corrected chi connectivity index (χ0v) is 14.8. The molecule has 3 rings (SSSR count). The molecule has 132 valence electrons. The van der Waals surface area contributed by atoms with E-state index in [1.165, 1.54) is 7.11 Å². The van der Waals surface area contributed by atoms with E-state index in [1.807, 2.05) is 38.1 Å². The summed E-state index contributed by atoms with van der Waals surface area (Å²) in [6.07, 6.45) is 3.29. The number of hydrogen-bond acceptors (Lipinski definition) is 5. The number of hydrogen-bond donors (Lipinski definition) is 1. The molecule has 2 aliphatic rings. The molecule has 0 bridgehead atoms. The van der Waals surface area contributed by atoms with Crippen molar-refractivity contribution in [3.05, 3.63) is 52.9 Å². The molecule has 0 saturated heterocycles. The summed E-state index contributed by atoms with van der Waals surface area (Å²) in [6.45, 7) is 4.37. The molecule has 2 unspecified atom stereocenters.